The van der Waals surface area contributed by atoms with Gasteiger partial charge in [-0.3, -0.25) is 4.79 Å². The van der Waals surface area contributed by atoms with Crippen LogP contribution in [0.2, 0.25) is 5.02 Å². The number of nitrogens with zero attached hydrogens (tertiary/aromatic N) is 3. The molecule has 0 saturated heterocycles. The van der Waals surface area contributed by atoms with E-state index in [-0.39, 0.29) is 27.8 Å². The molecule has 1 amide bonds. The molecule has 1 aliphatic heterocycles. The topological polar surface area (TPSA) is 118 Å². The summed E-state index contributed by atoms with van der Waals surface area (Å²) in [5.41, 5.74) is 1.58. The Kier molecular flexibility index (Phi) is 6.56. The predicted molar refractivity (Wildman–Crippen MR) is 129 cm³/mol. The van der Waals surface area contributed by atoms with Crippen molar-refractivity contribution in [2.75, 3.05) is 18.4 Å². The van der Waals surface area contributed by atoms with Crippen LogP contribution in [0, 0.1) is 0 Å². The third-order valence-electron chi connectivity index (χ3n) is 5.53. The van der Waals surface area contributed by atoms with Crippen molar-refractivity contribution in [3.8, 4) is 5.69 Å². The molecule has 0 spiro atoms. The second kappa shape index (κ2) is 9.14. The van der Waals surface area contributed by atoms with Crippen LogP contribution in [0.15, 0.2) is 53.4 Å². The summed E-state index contributed by atoms with van der Waals surface area (Å²) in [5.74, 6) is -0.735. The second-order valence-electron chi connectivity index (χ2n) is 7.77. The fourth-order valence-electron chi connectivity index (χ4n) is 3.84. The maximum atomic E-state index is 13.0. The molecular weight excluding hydrogens is 500 g/mol. The van der Waals surface area contributed by atoms with Crippen LogP contribution in [0.1, 0.15) is 35.5 Å². The molecule has 1 aromatic heterocycles. The number of carbonyl (C=O) groups is 1. The van der Waals surface area contributed by atoms with Crippen molar-refractivity contribution in [2.45, 2.75) is 30.2 Å². The average molecular weight is 523 g/mol. The van der Waals surface area contributed by atoms with Gasteiger partial charge < -0.3 is 5.32 Å². The van der Waals surface area contributed by atoms with Gasteiger partial charge in [0.2, 0.25) is 10.0 Å². The van der Waals surface area contributed by atoms with Crippen molar-refractivity contribution in [3.05, 3.63) is 70.4 Å². The lowest BCUT2D eigenvalue weighted by atomic mass is 10.2. The SMILES string of the molecule is CCN(CC)S(=O)(=O)c1ccc(C(=O)Nc2c3c(nn2-c2cccc(Cl)c2)CS(=O)(=O)C3)cc1. The molecule has 0 fully saturated rings. The highest BCUT2D eigenvalue weighted by atomic mass is 35.5. The van der Waals surface area contributed by atoms with Gasteiger partial charge in [0.25, 0.3) is 5.91 Å². The third kappa shape index (κ3) is 4.61. The summed E-state index contributed by atoms with van der Waals surface area (Å²) < 4.78 is 52.5. The van der Waals surface area contributed by atoms with Gasteiger partial charge in [-0.05, 0) is 42.5 Å². The first kappa shape index (κ1) is 24.4. The number of aromatic nitrogens is 2. The lowest BCUT2D eigenvalue weighted by molar-refractivity contribution is 0.102. The summed E-state index contributed by atoms with van der Waals surface area (Å²) in [5, 5.41) is 7.63. The smallest absolute Gasteiger partial charge is 0.256 e. The van der Waals surface area contributed by atoms with Crippen LogP contribution < -0.4 is 5.32 Å². The Labute approximate surface area is 203 Å². The minimum absolute atomic E-state index is 0.0868. The van der Waals surface area contributed by atoms with E-state index in [0.717, 1.165) is 0 Å². The van der Waals surface area contributed by atoms with Crippen LogP contribution in [0.25, 0.3) is 5.69 Å². The van der Waals surface area contributed by atoms with Crippen molar-refractivity contribution in [3.63, 3.8) is 0 Å². The maximum Gasteiger partial charge on any atom is 0.256 e. The molecule has 34 heavy (non-hydrogen) atoms. The summed E-state index contributed by atoms with van der Waals surface area (Å²) in [7, 11) is -7.01. The lowest BCUT2D eigenvalue weighted by Crippen LogP contribution is -2.30. The molecule has 0 saturated carbocycles. The summed E-state index contributed by atoms with van der Waals surface area (Å²) >= 11 is 6.11. The first-order valence-electron chi connectivity index (χ1n) is 10.5. The van der Waals surface area contributed by atoms with E-state index in [2.05, 4.69) is 10.4 Å². The number of nitrogens with one attached hydrogen (secondary N) is 1. The molecule has 1 N–H and O–H groups in total. The van der Waals surface area contributed by atoms with E-state index >= 15 is 0 Å². The number of amides is 1. The van der Waals surface area contributed by atoms with Crippen molar-refractivity contribution in [1.29, 1.82) is 0 Å². The van der Waals surface area contributed by atoms with Crippen LogP contribution in [-0.2, 0) is 31.4 Å². The second-order valence-corrected chi connectivity index (χ2v) is 12.2. The fourth-order valence-corrected chi connectivity index (χ4v) is 6.97. The predicted octanol–water partition coefficient (Wildman–Crippen LogP) is 3.24. The normalized spacial score (nSPS) is 14.8. The minimum Gasteiger partial charge on any atom is -0.306 e. The number of sulfone groups is 1. The highest BCUT2D eigenvalue weighted by Crippen LogP contribution is 2.33. The summed E-state index contributed by atoms with van der Waals surface area (Å²) in [6.07, 6.45) is 0. The summed E-state index contributed by atoms with van der Waals surface area (Å²) in [4.78, 5) is 13.1. The van der Waals surface area contributed by atoms with Crippen molar-refractivity contribution < 1.29 is 21.6 Å². The van der Waals surface area contributed by atoms with E-state index in [1.54, 1.807) is 38.1 Å². The molecule has 0 unspecified atom stereocenters. The van der Waals surface area contributed by atoms with Gasteiger partial charge in [0.15, 0.2) is 9.84 Å². The quantitative estimate of drug-likeness (QED) is 0.509. The minimum atomic E-state index is -3.65. The van der Waals surface area contributed by atoms with Crippen molar-refractivity contribution in [2.24, 2.45) is 0 Å². The molecule has 12 heteroatoms. The van der Waals surface area contributed by atoms with Crippen molar-refractivity contribution in [1.82, 2.24) is 14.1 Å². The molecule has 0 radical (unpaired) electrons. The fraction of sp³-hybridized carbons (Fsp3) is 0.273. The van der Waals surface area contributed by atoms with Gasteiger partial charge in [0.1, 0.15) is 5.82 Å². The summed E-state index contributed by atoms with van der Waals surface area (Å²) in [6, 6.07) is 12.4. The zero-order chi connectivity index (χ0) is 24.7. The number of halogens is 1. The number of anilines is 1. The molecule has 1 aliphatic rings. The van der Waals surface area contributed by atoms with E-state index in [1.165, 1.54) is 33.3 Å². The monoisotopic (exact) mass is 522 g/mol. The van der Waals surface area contributed by atoms with E-state index in [9.17, 15) is 21.6 Å². The van der Waals surface area contributed by atoms with Gasteiger partial charge in [-0.2, -0.15) is 9.40 Å². The number of rotatable bonds is 7. The maximum absolute atomic E-state index is 13.0. The van der Waals surface area contributed by atoms with E-state index < -0.39 is 25.8 Å². The Hall–Kier alpha value is -2.73. The van der Waals surface area contributed by atoms with E-state index in [4.69, 9.17) is 11.6 Å². The Morgan fingerprint density at radius 2 is 1.79 bits per heavy atom. The largest absolute Gasteiger partial charge is 0.306 e. The summed E-state index contributed by atoms with van der Waals surface area (Å²) in [6.45, 7) is 4.18. The van der Waals surface area contributed by atoms with Crippen LogP contribution in [0.5, 0.6) is 0 Å². The molecule has 9 nitrogen and oxygen atoms in total. The number of fused-ring (bicyclic) bond motifs is 1. The van der Waals surface area contributed by atoms with Crippen LogP contribution in [0.4, 0.5) is 5.82 Å². The Balaban J connectivity index is 1.67. The Bertz CT molecular complexity index is 1460. The van der Waals surface area contributed by atoms with Gasteiger partial charge in [0, 0.05) is 29.2 Å². The third-order valence-corrected chi connectivity index (χ3v) is 9.27. The van der Waals surface area contributed by atoms with Crippen LogP contribution in [0.3, 0.4) is 0 Å². The Morgan fingerprint density at radius 3 is 2.41 bits per heavy atom. The van der Waals surface area contributed by atoms with Gasteiger partial charge in [0.05, 0.1) is 27.8 Å². The van der Waals surface area contributed by atoms with E-state index in [1.807, 2.05) is 0 Å². The molecule has 0 aliphatic carbocycles. The number of hydrogen-bond acceptors (Lipinski definition) is 6. The van der Waals surface area contributed by atoms with Gasteiger partial charge in [-0.1, -0.05) is 31.5 Å². The van der Waals surface area contributed by atoms with E-state index in [0.29, 0.717) is 35.1 Å². The molecule has 3 aromatic rings. The first-order chi connectivity index (χ1) is 16.1. The molecule has 0 atom stereocenters. The molecule has 4 rings (SSSR count). The van der Waals surface area contributed by atoms with Crippen molar-refractivity contribution >= 4 is 43.2 Å². The zero-order valence-corrected chi connectivity index (χ0v) is 20.9. The standard InChI is InChI=1S/C22H23ClN4O5S2/c1-3-26(4-2)34(31,32)18-10-8-15(9-11-18)22(28)24-21-19-13-33(29,30)14-20(19)25-27(21)17-7-5-6-16(23)12-17/h5-12H,3-4,13-14H2,1-2H3,(H,24,28). The molecule has 2 aromatic carbocycles. The van der Waals surface area contributed by atoms with Gasteiger partial charge in [-0.25, -0.2) is 21.5 Å². The number of carbonyl (C=O) groups excluding carboxylic acids is 1. The molecule has 180 valence electrons. The number of hydrogen-bond donors (Lipinski definition) is 1. The average Bonchev–Trinajstić information content (AvgIpc) is 3.26. The van der Waals surface area contributed by atoms with Crippen LogP contribution >= 0.6 is 11.6 Å². The first-order valence-corrected chi connectivity index (χ1v) is 14.2. The number of sulfonamides is 1. The van der Waals surface area contributed by atoms with Gasteiger partial charge in [-0.15, -0.1) is 0 Å². The zero-order valence-electron chi connectivity index (χ0n) is 18.5. The Morgan fingerprint density at radius 1 is 1.12 bits per heavy atom. The van der Waals surface area contributed by atoms with Gasteiger partial charge >= 0.3 is 0 Å². The lowest BCUT2D eigenvalue weighted by Gasteiger charge is -2.18. The molecule has 2 heterocycles. The van der Waals surface area contributed by atoms with Crippen LogP contribution in [-0.4, -0.2) is 49.9 Å². The highest BCUT2D eigenvalue weighted by Gasteiger charge is 2.33. The molecular formula is C22H23ClN4O5S2. The molecule has 0 bridgehead atoms. The number of benzene rings is 2. The highest BCUT2D eigenvalue weighted by molar-refractivity contribution is 7.90.